The van der Waals surface area contributed by atoms with E-state index < -0.39 is 0 Å². The molecule has 80 valence electrons. The number of hydrogen-bond acceptors (Lipinski definition) is 1. The predicted molar refractivity (Wildman–Crippen MR) is 64.1 cm³/mol. The Hall–Kier alpha value is -1.42. The van der Waals surface area contributed by atoms with Gasteiger partial charge in [-0.3, -0.25) is 0 Å². The van der Waals surface area contributed by atoms with Crippen LogP contribution in [0, 0.1) is 11.8 Å². The van der Waals surface area contributed by atoms with Gasteiger partial charge in [-0.25, -0.2) is 0 Å². The summed E-state index contributed by atoms with van der Waals surface area (Å²) in [4.78, 5) is 0. The number of para-hydroxylation sites is 1. The van der Waals surface area contributed by atoms with E-state index in [4.69, 9.17) is 4.74 Å². The molecule has 0 fully saturated rings. The monoisotopic (exact) mass is 202 g/mol. The van der Waals surface area contributed by atoms with Crippen molar-refractivity contribution in [1.82, 2.24) is 0 Å². The minimum Gasteiger partial charge on any atom is -0.492 e. The molecule has 0 bridgehead atoms. The highest BCUT2D eigenvalue weighted by atomic mass is 16.5. The zero-order chi connectivity index (χ0) is 11.1. The van der Waals surface area contributed by atoms with Gasteiger partial charge < -0.3 is 4.74 Å². The van der Waals surface area contributed by atoms with E-state index >= 15 is 0 Å². The van der Waals surface area contributed by atoms with Crippen molar-refractivity contribution in [1.29, 1.82) is 0 Å². The number of hydrogen-bond donors (Lipinski definition) is 0. The Morgan fingerprint density at radius 1 is 1.27 bits per heavy atom. The van der Waals surface area contributed by atoms with Crippen LogP contribution < -0.4 is 4.74 Å². The van der Waals surface area contributed by atoms with Gasteiger partial charge in [-0.1, -0.05) is 32.0 Å². The first-order chi connectivity index (χ1) is 7.25. The molecule has 0 aliphatic heterocycles. The lowest BCUT2D eigenvalue weighted by atomic mass is 10.0. The average molecular weight is 202 g/mol. The number of rotatable bonds is 4. The van der Waals surface area contributed by atoms with E-state index in [1.54, 1.807) is 0 Å². The van der Waals surface area contributed by atoms with Crippen molar-refractivity contribution in [2.24, 2.45) is 0 Å². The van der Waals surface area contributed by atoms with Gasteiger partial charge in [0.2, 0.25) is 0 Å². The van der Waals surface area contributed by atoms with Crippen molar-refractivity contribution in [3.63, 3.8) is 0 Å². The molecule has 1 rings (SSSR count). The van der Waals surface area contributed by atoms with Crippen LogP contribution >= 0.6 is 0 Å². The molecule has 1 nitrogen and oxygen atoms in total. The molecule has 1 aromatic rings. The third-order valence-electron chi connectivity index (χ3n) is 2.20. The molecule has 1 heteroatoms. The third-order valence-corrected chi connectivity index (χ3v) is 2.20. The Kier molecular flexibility index (Phi) is 4.77. The zero-order valence-electron chi connectivity index (χ0n) is 9.71. The van der Waals surface area contributed by atoms with Crippen LogP contribution in [0.1, 0.15) is 38.7 Å². The van der Waals surface area contributed by atoms with Crippen molar-refractivity contribution in [3.8, 4) is 17.6 Å². The van der Waals surface area contributed by atoms with E-state index in [0.29, 0.717) is 12.5 Å². The zero-order valence-corrected chi connectivity index (χ0v) is 9.71. The molecule has 0 N–H and O–H groups in total. The maximum Gasteiger partial charge on any atom is 0.122 e. The molecular formula is C14H18O. The van der Waals surface area contributed by atoms with Gasteiger partial charge in [0.15, 0.2) is 0 Å². The lowest BCUT2D eigenvalue weighted by Crippen LogP contribution is -2.00. The highest BCUT2D eigenvalue weighted by Crippen LogP contribution is 2.25. The number of ether oxygens (including phenoxy) is 1. The molecule has 0 spiro atoms. The van der Waals surface area contributed by atoms with Gasteiger partial charge in [-0.05, 0) is 24.5 Å². The van der Waals surface area contributed by atoms with E-state index in [9.17, 15) is 0 Å². The summed E-state index contributed by atoms with van der Waals surface area (Å²) in [6.45, 7) is 6.87. The van der Waals surface area contributed by atoms with Crippen LogP contribution in [-0.4, -0.2) is 6.61 Å². The van der Waals surface area contributed by atoms with Gasteiger partial charge in [0.05, 0.1) is 6.61 Å². The molecule has 0 radical (unpaired) electrons. The Morgan fingerprint density at radius 3 is 2.67 bits per heavy atom. The van der Waals surface area contributed by atoms with Crippen molar-refractivity contribution in [2.75, 3.05) is 6.61 Å². The number of benzene rings is 1. The Morgan fingerprint density at radius 2 is 2.00 bits per heavy atom. The molecular weight excluding hydrogens is 184 g/mol. The Bertz CT molecular complexity index is 355. The summed E-state index contributed by atoms with van der Waals surface area (Å²) >= 11 is 0. The summed E-state index contributed by atoms with van der Waals surface area (Å²) in [5, 5.41) is 0. The van der Waals surface area contributed by atoms with E-state index in [0.717, 1.165) is 12.2 Å². The third kappa shape index (κ3) is 3.67. The van der Waals surface area contributed by atoms with Crippen molar-refractivity contribution < 1.29 is 4.74 Å². The fourth-order valence-corrected chi connectivity index (χ4v) is 1.43. The highest BCUT2D eigenvalue weighted by molar-refractivity contribution is 5.35. The van der Waals surface area contributed by atoms with Crippen LogP contribution in [0.2, 0.25) is 0 Å². The first-order valence-corrected chi connectivity index (χ1v) is 5.37. The van der Waals surface area contributed by atoms with Crippen molar-refractivity contribution in [3.05, 3.63) is 29.8 Å². The summed E-state index contributed by atoms with van der Waals surface area (Å²) in [5.41, 5.74) is 1.27. The highest BCUT2D eigenvalue weighted by Gasteiger charge is 2.05. The lowest BCUT2D eigenvalue weighted by Gasteiger charge is -2.12. The van der Waals surface area contributed by atoms with Crippen LogP contribution in [0.5, 0.6) is 5.75 Å². The van der Waals surface area contributed by atoms with Gasteiger partial charge in [0.25, 0.3) is 0 Å². The largest absolute Gasteiger partial charge is 0.492 e. The molecule has 0 unspecified atom stereocenters. The topological polar surface area (TPSA) is 9.23 Å². The molecule has 0 saturated carbocycles. The summed E-state index contributed by atoms with van der Waals surface area (Å²) in [6.07, 6.45) is 0.795. The van der Waals surface area contributed by atoms with Gasteiger partial charge in [0, 0.05) is 6.42 Å². The van der Waals surface area contributed by atoms with Crippen LogP contribution in [0.15, 0.2) is 24.3 Å². The van der Waals surface area contributed by atoms with E-state index in [1.807, 2.05) is 25.1 Å². The first-order valence-electron chi connectivity index (χ1n) is 5.37. The molecule has 0 aromatic heterocycles. The maximum atomic E-state index is 5.70. The van der Waals surface area contributed by atoms with E-state index in [2.05, 4.69) is 31.8 Å². The summed E-state index contributed by atoms with van der Waals surface area (Å²) in [7, 11) is 0. The average Bonchev–Trinajstić information content (AvgIpc) is 2.25. The molecule has 0 atom stereocenters. The molecule has 0 aliphatic carbocycles. The fourth-order valence-electron chi connectivity index (χ4n) is 1.43. The van der Waals surface area contributed by atoms with Crippen molar-refractivity contribution in [2.45, 2.75) is 33.1 Å². The molecule has 1 aromatic carbocycles. The predicted octanol–water partition coefficient (Wildman–Crippen LogP) is 3.60. The molecule has 0 aliphatic rings. The van der Waals surface area contributed by atoms with Crippen LogP contribution in [-0.2, 0) is 0 Å². The summed E-state index contributed by atoms with van der Waals surface area (Å²) in [6, 6.07) is 8.20. The van der Waals surface area contributed by atoms with Gasteiger partial charge in [-0.15, -0.1) is 11.8 Å². The summed E-state index contributed by atoms with van der Waals surface area (Å²) in [5.74, 6) is 7.34. The SMILES string of the molecule is CC#CCCOc1ccccc1C(C)C. The quantitative estimate of drug-likeness (QED) is 0.535. The second-order valence-electron chi connectivity index (χ2n) is 3.72. The maximum absolute atomic E-state index is 5.70. The van der Waals surface area contributed by atoms with Gasteiger partial charge >= 0.3 is 0 Å². The fraction of sp³-hybridized carbons (Fsp3) is 0.429. The smallest absolute Gasteiger partial charge is 0.122 e. The molecule has 0 amide bonds. The molecule has 15 heavy (non-hydrogen) atoms. The van der Waals surface area contributed by atoms with Gasteiger partial charge in [0.1, 0.15) is 5.75 Å². The van der Waals surface area contributed by atoms with Crippen LogP contribution in [0.25, 0.3) is 0 Å². The minimum absolute atomic E-state index is 0.499. The van der Waals surface area contributed by atoms with E-state index in [-0.39, 0.29) is 0 Å². The molecule has 0 heterocycles. The Balaban J connectivity index is 2.62. The van der Waals surface area contributed by atoms with Crippen LogP contribution in [0.3, 0.4) is 0 Å². The molecule has 0 saturated heterocycles. The summed E-state index contributed by atoms with van der Waals surface area (Å²) < 4.78 is 5.70. The normalized spacial score (nSPS) is 9.60. The van der Waals surface area contributed by atoms with Crippen molar-refractivity contribution >= 4 is 0 Å². The lowest BCUT2D eigenvalue weighted by molar-refractivity contribution is 0.322. The first kappa shape index (κ1) is 11.7. The van der Waals surface area contributed by atoms with Gasteiger partial charge in [-0.2, -0.15) is 0 Å². The van der Waals surface area contributed by atoms with Crippen LogP contribution in [0.4, 0.5) is 0 Å². The second-order valence-corrected chi connectivity index (χ2v) is 3.72. The second kappa shape index (κ2) is 6.14. The standard InChI is InChI=1S/C14H18O/c1-4-5-8-11-15-14-10-7-6-9-13(14)12(2)3/h6-7,9-10,12H,8,11H2,1-3H3. The minimum atomic E-state index is 0.499. The van der Waals surface area contributed by atoms with E-state index in [1.165, 1.54) is 5.56 Å². The Labute approximate surface area is 92.5 Å².